The van der Waals surface area contributed by atoms with E-state index < -0.39 is 23.9 Å². The summed E-state index contributed by atoms with van der Waals surface area (Å²) in [7, 11) is 0. The van der Waals surface area contributed by atoms with Gasteiger partial charge in [-0.05, 0) is 58.2 Å². The third kappa shape index (κ3) is 11.7. The van der Waals surface area contributed by atoms with Gasteiger partial charge in [-0.15, -0.1) is 0 Å². The fourth-order valence-electron chi connectivity index (χ4n) is 2.42. The predicted octanol–water partition coefficient (Wildman–Crippen LogP) is -0.827. The first-order valence-electron chi connectivity index (χ1n) is 8.90. The summed E-state index contributed by atoms with van der Waals surface area (Å²) in [5.74, 6) is -2.37. The predicted molar refractivity (Wildman–Crippen MR) is 95.8 cm³/mol. The SMILES string of the molecule is NCCCC[C@H](N)C(=O)O.O=C(O)[C@@H]1CCCN1.O=C(O)[C@@H]1CCCN1. The van der Waals surface area contributed by atoms with Crippen LogP contribution in [0.3, 0.4) is 0 Å². The van der Waals surface area contributed by atoms with Gasteiger partial charge >= 0.3 is 17.9 Å². The Labute approximate surface area is 153 Å². The summed E-state index contributed by atoms with van der Waals surface area (Å²) < 4.78 is 0. The lowest BCUT2D eigenvalue weighted by molar-refractivity contribution is -0.140. The minimum atomic E-state index is -0.933. The highest BCUT2D eigenvalue weighted by Gasteiger charge is 2.20. The van der Waals surface area contributed by atoms with E-state index in [1.54, 1.807) is 0 Å². The lowest BCUT2D eigenvalue weighted by Crippen LogP contribution is -2.29. The first-order chi connectivity index (χ1) is 12.3. The van der Waals surface area contributed by atoms with Crippen LogP contribution >= 0.6 is 0 Å². The van der Waals surface area contributed by atoms with Gasteiger partial charge in [0, 0.05) is 0 Å². The molecular weight excluding hydrogens is 344 g/mol. The van der Waals surface area contributed by atoms with E-state index in [2.05, 4.69) is 10.6 Å². The molecule has 0 spiro atoms. The number of aliphatic carboxylic acids is 3. The molecule has 0 aromatic carbocycles. The van der Waals surface area contributed by atoms with E-state index in [1.807, 2.05) is 0 Å². The van der Waals surface area contributed by atoms with Crippen molar-refractivity contribution in [2.24, 2.45) is 11.5 Å². The van der Waals surface area contributed by atoms with Gasteiger partial charge in [-0.2, -0.15) is 0 Å². The van der Waals surface area contributed by atoms with Gasteiger partial charge in [0.25, 0.3) is 0 Å². The summed E-state index contributed by atoms with van der Waals surface area (Å²) in [6.07, 6.45) is 5.73. The Morgan fingerprint density at radius 1 is 0.923 bits per heavy atom. The van der Waals surface area contributed by atoms with Gasteiger partial charge in [-0.3, -0.25) is 14.4 Å². The zero-order valence-electron chi connectivity index (χ0n) is 15.0. The molecular formula is C16H32N4O6. The number of rotatable bonds is 7. The quantitative estimate of drug-likeness (QED) is 0.276. The van der Waals surface area contributed by atoms with E-state index in [1.165, 1.54) is 0 Å². The van der Waals surface area contributed by atoms with Gasteiger partial charge in [0.05, 0.1) is 0 Å². The van der Waals surface area contributed by atoms with Gasteiger partial charge in [-0.25, -0.2) is 0 Å². The average Bonchev–Trinajstić information content (AvgIpc) is 3.29. The first kappa shape index (κ1) is 24.2. The van der Waals surface area contributed by atoms with Gasteiger partial charge in [0.2, 0.25) is 0 Å². The molecule has 10 heteroatoms. The van der Waals surface area contributed by atoms with Crippen LogP contribution in [-0.2, 0) is 14.4 Å². The molecule has 3 atom stereocenters. The normalized spacial score (nSPS) is 22.4. The lowest BCUT2D eigenvalue weighted by Gasteiger charge is -2.03. The lowest BCUT2D eigenvalue weighted by atomic mass is 10.1. The number of nitrogens with one attached hydrogen (secondary N) is 2. The minimum absolute atomic E-state index is 0.269. The van der Waals surface area contributed by atoms with Crippen LogP contribution in [0.15, 0.2) is 0 Å². The van der Waals surface area contributed by atoms with Crippen molar-refractivity contribution in [2.75, 3.05) is 19.6 Å². The van der Waals surface area contributed by atoms with Crippen molar-refractivity contribution < 1.29 is 29.7 Å². The topological polar surface area (TPSA) is 188 Å². The molecule has 0 radical (unpaired) electrons. The number of unbranched alkanes of at least 4 members (excludes halogenated alkanes) is 1. The van der Waals surface area contributed by atoms with Gasteiger partial charge in [0.1, 0.15) is 18.1 Å². The summed E-state index contributed by atoms with van der Waals surface area (Å²) in [5, 5.41) is 30.7. The average molecular weight is 376 g/mol. The van der Waals surface area contributed by atoms with Crippen molar-refractivity contribution in [3.8, 4) is 0 Å². The van der Waals surface area contributed by atoms with Crippen LogP contribution in [0.1, 0.15) is 44.9 Å². The molecule has 2 saturated heterocycles. The van der Waals surface area contributed by atoms with Crippen LogP contribution in [0.25, 0.3) is 0 Å². The highest BCUT2D eigenvalue weighted by molar-refractivity contribution is 5.74. The first-order valence-corrected chi connectivity index (χ1v) is 8.90. The summed E-state index contributed by atoms with van der Waals surface area (Å²) in [6.45, 7) is 2.32. The van der Waals surface area contributed by atoms with Crippen molar-refractivity contribution in [1.29, 1.82) is 0 Å². The molecule has 0 saturated carbocycles. The van der Waals surface area contributed by atoms with E-state index in [9.17, 15) is 14.4 Å². The molecule has 0 unspecified atom stereocenters. The Hall–Kier alpha value is -1.75. The van der Waals surface area contributed by atoms with Crippen LogP contribution < -0.4 is 22.1 Å². The van der Waals surface area contributed by atoms with Crippen LogP contribution in [0.2, 0.25) is 0 Å². The molecule has 0 aliphatic carbocycles. The molecule has 2 rings (SSSR count). The molecule has 152 valence electrons. The van der Waals surface area contributed by atoms with E-state index >= 15 is 0 Å². The molecule has 2 heterocycles. The van der Waals surface area contributed by atoms with Crippen molar-refractivity contribution in [3.63, 3.8) is 0 Å². The smallest absolute Gasteiger partial charge is 0.320 e. The van der Waals surface area contributed by atoms with Crippen molar-refractivity contribution in [1.82, 2.24) is 10.6 Å². The summed E-state index contributed by atoms with van der Waals surface area (Å²) in [6, 6.07) is -1.25. The number of carboxylic acid groups (broad SMARTS) is 3. The number of carboxylic acids is 3. The van der Waals surface area contributed by atoms with Crippen molar-refractivity contribution >= 4 is 17.9 Å². The highest BCUT2D eigenvalue weighted by atomic mass is 16.4. The van der Waals surface area contributed by atoms with Gasteiger partial charge in [-0.1, -0.05) is 6.42 Å². The Kier molecular flexibility index (Phi) is 13.5. The Morgan fingerprint density at radius 2 is 1.38 bits per heavy atom. The summed E-state index contributed by atoms with van der Waals surface area (Å²) >= 11 is 0. The van der Waals surface area contributed by atoms with Gasteiger partial charge in [0.15, 0.2) is 0 Å². The fraction of sp³-hybridized carbons (Fsp3) is 0.812. The van der Waals surface area contributed by atoms with Crippen LogP contribution in [0.4, 0.5) is 0 Å². The molecule has 26 heavy (non-hydrogen) atoms. The largest absolute Gasteiger partial charge is 0.480 e. The maximum absolute atomic E-state index is 10.1. The standard InChI is InChI=1S/C6H14N2O2.2C5H9NO2/c7-4-2-1-3-5(8)6(9)10;2*7-5(8)4-2-1-3-6-4/h5H,1-4,7-8H2,(H,9,10);2*4,6H,1-3H2,(H,7,8)/t5-;2*4-/m000/s1. The molecule has 0 bridgehead atoms. The molecule has 2 fully saturated rings. The maximum Gasteiger partial charge on any atom is 0.320 e. The second-order valence-corrected chi connectivity index (χ2v) is 6.20. The maximum atomic E-state index is 10.1. The molecule has 2 aliphatic rings. The zero-order valence-corrected chi connectivity index (χ0v) is 15.0. The minimum Gasteiger partial charge on any atom is -0.480 e. The third-order valence-electron chi connectivity index (χ3n) is 4.00. The van der Waals surface area contributed by atoms with Gasteiger partial charge < -0.3 is 37.4 Å². The summed E-state index contributed by atoms with van der Waals surface area (Å²) in [5.41, 5.74) is 10.4. The molecule has 0 aromatic heterocycles. The van der Waals surface area contributed by atoms with E-state index in [0.717, 1.165) is 51.6 Å². The van der Waals surface area contributed by atoms with Crippen LogP contribution in [-0.4, -0.2) is 71.0 Å². The number of hydrogen-bond acceptors (Lipinski definition) is 7. The van der Waals surface area contributed by atoms with Crippen LogP contribution in [0, 0.1) is 0 Å². The summed E-state index contributed by atoms with van der Waals surface area (Å²) in [4.78, 5) is 30.4. The van der Waals surface area contributed by atoms with E-state index in [4.69, 9.17) is 26.8 Å². The molecule has 0 amide bonds. The van der Waals surface area contributed by atoms with Crippen LogP contribution in [0.5, 0.6) is 0 Å². The van der Waals surface area contributed by atoms with E-state index in [0.29, 0.717) is 13.0 Å². The number of hydrogen-bond donors (Lipinski definition) is 7. The second-order valence-electron chi connectivity index (χ2n) is 6.20. The highest BCUT2D eigenvalue weighted by Crippen LogP contribution is 2.04. The fourth-order valence-corrected chi connectivity index (χ4v) is 2.42. The number of carbonyl (C=O) groups is 3. The molecule has 2 aliphatic heterocycles. The molecule has 0 aromatic rings. The van der Waals surface area contributed by atoms with E-state index in [-0.39, 0.29) is 12.1 Å². The zero-order chi connectivity index (χ0) is 19.9. The second kappa shape index (κ2) is 14.4. The Balaban J connectivity index is 0.000000363. The van der Waals surface area contributed by atoms with Crippen molar-refractivity contribution in [2.45, 2.75) is 63.1 Å². The molecule has 9 N–H and O–H groups in total. The molecule has 10 nitrogen and oxygen atoms in total. The third-order valence-corrected chi connectivity index (χ3v) is 4.00. The Morgan fingerprint density at radius 3 is 1.62 bits per heavy atom. The van der Waals surface area contributed by atoms with Crippen molar-refractivity contribution in [3.05, 3.63) is 0 Å². The Bertz CT molecular complexity index is 397. The number of nitrogens with two attached hydrogens (primary N) is 2. The monoisotopic (exact) mass is 376 g/mol.